The predicted molar refractivity (Wildman–Crippen MR) is 118 cm³/mol. The second-order valence-corrected chi connectivity index (χ2v) is 8.49. The van der Waals surface area contributed by atoms with Gasteiger partial charge in [-0.1, -0.05) is 6.92 Å². The number of aromatic nitrogens is 4. The molecule has 32 heavy (non-hydrogen) atoms. The second kappa shape index (κ2) is 7.29. The molecule has 0 radical (unpaired) electrons. The van der Waals surface area contributed by atoms with Crippen molar-refractivity contribution in [3.8, 4) is 22.6 Å². The fourth-order valence-corrected chi connectivity index (χ4v) is 4.95. The van der Waals surface area contributed by atoms with Crippen molar-refractivity contribution in [2.24, 2.45) is 0 Å². The first-order valence-electron chi connectivity index (χ1n) is 11.0. The van der Waals surface area contributed by atoms with Crippen LogP contribution in [0.3, 0.4) is 0 Å². The molecule has 0 amide bonds. The van der Waals surface area contributed by atoms with Crippen molar-refractivity contribution < 1.29 is 13.9 Å². The van der Waals surface area contributed by atoms with Crippen LogP contribution < -0.4 is 9.47 Å². The van der Waals surface area contributed by atoms with Crippen LogP contribution in [0.1, 0.15) is 40.9 Å². The summed E-state index contributed by atoms with van der Waals surface area (Å²) in [6.45, 7) is 5.11. The Morgan fingerprint density at radius 1 is 1.09 bits per heavy atom. The lowest BCUT2D eigenvalue weighted by atomic mass is 9.93. The van der Waals surface area contributed by atoms with E-state index in [1.165, 1.54) is 6.07 Å². The van der Waals surface area contributed by atoms with E-state index in [1.54, 1.807) is 12.4 Å². The highest BCUT2D eigenvalue weighted by molar-refractivity contribution is 5.80. The zero-order valence-electron chi connectivity index (χ0n) is 18.1. The van der Waals surface area contributed by atoms with Gasteiger partial charge in [0.25, 0.3) is 0 Å². The highest BCUT2D eigenvalue weighted by Crippen LogP contribution is 2.41. The zero-order valence-corrected chi connectivity index (χ0v) is 18.1. The van der Waals surface area contributed by atoms with E-state index < -0.39 is 0 Å². The molecule has 0 aliphatic carbocycles. The first-order valence-corrected chi connectivity index (χ1v) is 11.0. The quantitative estimate of drug-likeness (QED) is 0.470. The van der Waals surface area contributed by atoms with Crippen molar-refractivity contribution in [2.75, 3.05) is 13.2 Å². The first kappa shape index (κ1) is 19.2. The van der Waals surface area contributed by atoms with Gasteiger partial charge in [-0.2, -0.15) is 0 Å². The Labute approximate surface area is 185 Å². The first-order chi connectivity index (χ1) is 15.6. The summed E-state index contributed by atoms with van der Waals surface area (Å²) in [6.07, 6.45) is 5.67. The molecule has 4 aromatic rings. The summed E-state index contributed by atoms with van der Waals surface area (Å²) in [7, 11) is 0. The molecular weight excluding hydrogens is 407 g/mol. The molecule has 1 aromatic carbocycles. The minimum absolute atomic E-state index is 0.00829. The summed E-state index contributed by atoms with van der Waals surface area (Å²) >= 11 is 0. The van der Waals surface area contributed by atoms with Crippen LogP contribution in [0.2, 0.25) is 0 Å². The van der Waals surface area contributed by atoms with Crippen LogP contribution in [0.4, 0.5) is 4.39 Å². The molecule has 0 unspecified atom stereocenters. The van der Waals surface area contributed by atoms with Gasteiger partial charge >= 0.3 is 0 Å². The van der Waals surface area contributed by atoms with Gasteiger partial charge in [-0.3, -0.25) is 9.38 Å². The largest absolute Gasteiger partial charge is 0.493 e. The number of fused-ring (bicyclic) bond motifs is 3. The topological polar surface area (TPSA) is 61.5 Å². The van der Waals surface area contributed by atoms with E-state index in [9.17, 15) is 4.39 Å². The van der Waals surface area contributed by atoms with E-state index in [0.717, 1.165) is 62.8 Å². The van der Waals surface area contributed by atoms with Crippen LogP contribution in [0.5, 0.6) is 11.5 Å². The monoisotopic (exact) mass is 430 g/mol. The molecule has 6 nitrogen and oxygen atoms in total. The number of nitrogens with zero attached hydrogens (tertiary/aromatic N) is 4. The molecule has 2 aliphatic rings. The molecule has 0 saturated carbocycles. The zero-order chi connectivity index (χ0) is 21.8. The fraction of sp³-hybridized carbons (Fsp3) is 0.320. The summed E-state index contributed by atoms with van der Waals surface area (Å²) in [5.41, 5.74) is 7.50. The Balaban J connectivity index is 1.51. The van der Waals surface area contributed by atoms with Crippen LogP contribution in [0.25, 0.3) is 16.8 Å². The van der Waals surface area contributed by atoms with Crippen molar-refractivity contribution in [1.29, 1.82) is 0 Å². The number of rotatable bonds is 2. The highest BCUT2D eigenvalue weighted by atomic mass is 19.1. The lowest BCUT2D eigenvalue weighted by Crippen LogP contribution is -2.13. The molecule has 5 heterocycles. The SMILES string of the molecule is CCc1cc(C)c(-c2cc3c(n4cnnc24)CCc2c(F)ccc4c2[C@H](CO4)CO3)cn1. The Bertz CT molecular complexity index is 1360. The Morgan fingerprint density at radius 2 is 1.94 bits per heavy atom. The third-order valence-corrected chi connectivity index (χ3v) is 6.62. The summed E-state index contributed by atoms with van der Waals surface area (Å²) < 4.78 is 29.0. The van der Waals surface area contributed by atoms with Gasteiger partial charge < -0.3 is 9.47 Å². The molecule has 6 rings (SSSR count). The van der Waals surface area contributed by atoms with Crippen LogP contribution in [0.15, 0.2) is 36.8 Å². The smallest absolute Gasteiger partial charge is 0.169 e. The lowest BCUT2D eigenvalue weighted by molar-refractivity contribution is 0.246. The summed E-state index contributed by atoms with van der Waals surface area (Å²) in [5.74, 6) is 1.37. The average molecular weight is 430 g/mol. The van der Waals surface area contributed by atoms with Gasteiger partial charge in [0.1, 0.15) is 23.6 Å². The minimum Gasteiger partial charge on any atom is -0.493 e. The van der Waals surface area contributed by atoms with Gasteiger partial charge in [-0.25, -0.2) is 4.39 Å². The Kier molecular flexibility index (Phi) is 4.38. The summed E-state index contributed by atoms with van der Waals surface area (Å²) in [5, 5.41) is 8.58. The number of hydrogen-bond donors (Lipinski definition) is 0. The maximum Gasteiger partial charge on any atom is 0.169 e. The number of aryl methyl sites for hydroxylation is 3. The number of benzene rings is 1. The van der Waals surface area contributed by atoms with E-state index in [0.29, 0.717) is 26.1 Å². The molecule has 1 atom stereocenters. The maximum atomic E-state index is 14.8. The molecule has 7 heteroatoms. The van der Waals surface area contributed by atoms with Gasteiger partial charge in [0, 0.05) is 28.6 Å². The van der Waals surface area contributed by atoms with Gasteiger partial charge in [0.05, 0.1) is 24.8 Å². The van der Waals surface area contributed by atoms with E-state index in [4.69, 9.17) is 9.47 Å². The molecule has 0 saturated heterocycles. The highest BCUT2D eigenvalue weighted by Gasteiger charge is 2.31. The van der Waals surface area contributed by atoms with Crippen LogP contribution in [-0.4, -0.2) is 32.8 Å². The molecule has 0 fully saturated rings. The number of ether oxygens (including phenoxy) is 2. The maximum absolute atomic E-state index is 14.8. The summed E-state index contributed by atoms with van der Waals surface area (Å²) in [6, 6.07) is 7.38. The molecular formula is C25H23FN4O2. The van der Waals surface area contributed by atoms with E-state index in [1.807, 2.05) is 16.7 Å². The molecule has 2 aliphatic heterocycles. The lowest BCUT2D eigenvalue weighted by Gasteiger charge is -2.17. The minimum atomic E-state index is -0.183. The van der Waals surface area contributed by atoms with Crippen molar-refractivity contribution in [2.45, 2.75) is 39.0 Å². The van der Waals surface area contributed by atoms with Crippen LogP contribution in [0, 0.1) is 12.7 Å². The van der Waals surface area contributed by atoms with Crippen molar-refractivity contribution in [3.63, 3.8) is 0 Å². The van der Waals surface area contributed by atoms with Crippen molar-refractivity contribution in [1.82, 2.24) is 19.6 Å². The molecule has 0 N–H and O–H groups in total. The van der Waals surface area contributed by atoms with Crippen molar-refractivity contribution in [3.05, 3.63) is 70.7 Å². The van der Waals surface area contributed by atoms with E-state index >= 15 is 0 Å². The van der Waals surface area contributed by atoms with Crippen molar-refractivity contribution >= 4 is 5.65 Å². The van der Waals surface area contributed by atoms with Gasteiger partial charge in [0.2, 0.25) is 0 Å². The second-order valence-electron chi connectivity index (χ2n) is 8.49. The standard InChI is InChI=1S/C25H23FN4O2/c1-3-16-8-14(2)19(10-27-16)18-9-23-21(30-13-28-29-25(18)30)6-4-17-20(26)5-7-22-24(17)15(11-31-22)12-32-23/h5,7-10,13,15H,3-4,6,11-12H2,1-2H3/t15-/m1/s1. The van der Waals surface area contributed by atoms with E-state index in [2.05, 4.69) is 35.1 Å². The molecule has 162 valence electrons. The number of halogens is 1. The summed E-state index contributed by atoms with van der Waals surface area (Å²) in [4.78, 5) is 4.60. The van der Waals surface area contributed by atoms with Gasteiger partial charge in [0.15, 0.2) is 5.65 Å². The molecule has 3 aromatic heterocycles. The van der Waals surface area contributed by atoms with Crippen LogP contribution in [-0.2, 0) is 19.3 Å². The third-order valence-electron chi connectivity index (χ3n) is 6.62. The average Bonchev–Trinajstić information content (AvgIpc) is 3.45. The Hall–Kier alpha value is -3.48. The predicted octanol–water partition coefficient (Wildman–Crippen LogP) is 4.45. The van der Waals surface area contributed by atoms with E-state index in [-0.39, 0.29) is 11.7 Å². The number of pyridine rings is 2. The van der Waals surface area contributed by atoms with Gasteiger partial charge in [-0.15, -0.1) is 10.2 Å². The van der Waals surface area contributed by atoms with Gasteiger partial charge in [-0.05, 0) is 61.6 Å². The normalized spacial score (nSPS) is 17.0. The number of hydrogen-bond acceptors (Lipinski definition) is 5. The Morgan fingerprint density at radius 3 is 2.75 bits per heavy atom. The molecule has 0 spiro atoms. The fourth-order valence-electron chi connectivity index (χ4n) is 4.95. The molecule has 0 bridgehead atoms. The third kappa shape index (κ3) is 2.87. The van der Waals surface area contributed by atoms with Crippen LogP contribution >= 0.6 is 0 Å².